The maximum Gasteiger partial charge on any atom is 0.247 e. The minimum absolute atomic E-state index is 0.00771. The van der Waals surface area contributed by atoms with Gasteiger partial charge in [0.25, 0.3) is 0 Å². The van der Waals surface area contributed by atoms with Crippen molar-refractivity contribution in [2.24, 2.45) is 0 Å². The van der Waals surface area contributed by atoms with Crippen molar-refractivity contribution in [3.8, 4) is 34.5 Å². The molecule has 0 bridgehead atoms. The summed E-state index contributed by atoms with van der Waals surface area (Å²) in [4.78, 5) is 70.0. The first-order valence-electron chi connectivity index (χ1n) is 32.9. The van der Waals surface area contributed by atoms with E-state index >= 15 is 0 Å². The summed E-state index contributed by atoms with van der Waals surface area (Å²) in [5.74, 6) is 4.11. The minimum atomic E-state index is -0.244. The van der Waals surface area contributed by atoms with Crippen LogP contribution in [0.4, 0.5) is 34.1 Å². The lowest BCUT2D eigenvalue weighted by Crippen LogP contribution is -2.29. The summed E-state index contributed by atoms with van der Waals surface area (Å²) in [7, 11) is 0. The van der Waals surface area contributed by atoms with Crippen molar-refractivity contribution in [2.75, 3.05) is 71.1 Å². The van der Waals surface area contributed by atoms with E-state index in [0.29, 0.717) is 101 Å². The quantitative estimate of drug-likeness (QED) is 0.0642. The number of anilines is 6. The first-order chi connectivity index (χ1) is 46.3. The standard InChI is InChI=1S/C18H19NO3.C13H17NO.C12H15NO.C12H13NO.C11H13NO3.C11H11NO3/c1-2-18(20)19(13-14-6-4-3-5-7-14)15-8-9-16-17(12-15)22-11-10-21-16;1-2-13(15)14-12-8-7-10-5-3-4-6-11(10)9-12;2*1-2-12(14)13-11-8-4-6-9-5-3-7-10(9)11;2*1-2-11(13)12-8-3-4-9-10(7-8)15-6-5-14-9/h3-9,12H,2,10-11,13H2,1H3;7-9H,2-6H2,1H3,(H,14,15);4,6,8H,2-3,5,7H2,1H3,(H,13,14);2,4,6,8H,1,3,5,7H2,(H,13,14);3-4,7H,2,5-6H2,1H3,(H,12,13);2-4,7H,1,5-6H2,(H,12,13). The molecule has 95 heavy (non-hydrogen) atoms. The van der Waals surface area contributed by atoms with Crippen molar-refractivity contribution >= 4 is 69.6 Å². The Bertz CT molecular complexity index is 3720. The summed E-state index contributed by atoms with van der Waals surface area (Å²) < 4.78 is 32.7. The lowest BCUT2D eigenvalue weighted by atomic mass is 9.91. The highest BCUT2D eigenvalue weighted by Crippen LogP contribution is 2.37. The molecular formula is C77H88N6O12. The molecule has 5 N–H and O–H groups in total. The van der Waals surface area contributed by atoms with Gasteiger partial charge >= 0.3 is 0 Å². The van der Waals surface area contributed by atoms with E-state index in [1.807, 2.05) is 107 Å². The Labute approximate surface area is 557 Å². The van der Waals surface area contributed by atoms with E-state index in [2.05, 4.69) is 64.0 Å². The van der Waals surface area contributed by atoms with E-state index in [1.54, 1.807) is 41.3 Å². The average Bonchev–Trinajstić information content (AvgIpc) is 2.03. The second-order valence-corrected chi connectivity index (χ2v) is 22.7. The monoisotopic (exact) mass is 1290 g/mol. The number of aryl methyl sites for hydroxylation is 4. The van der Waals surface area contributed by atoms with Crippen molar-refractivity contribution in [2.45, 2.75) is 124 Å². The van der Waals surface area contributed by atoms with Crippen LogP contribution in [0.15, 0.2) is 165 Å². The summed E-state index contributed by atoms with van der Waals surface area (Å²) >= 11 is 0. The smallest absolute Gasteiger partial charge is 0.247 e. The maximum atomic E-state index is 12.3. The average molecular weight is 1290 g/mol. The van der Waals surface area contributed by atoms with Gasteiger partial charge < -0.3 is 59.9 Å². The Morgan fingerprint density at radius 3 is 1.34 bits per heavy atom. The molecule has 18 heteroatoms. The van der Waals surface area contributed by atoms with E-state index in [0.717, 1.165) is 77.6 Å². The van der Waals surface area contributed by atoms with Gasteiger partial charge in [0.05, 0.1) is 6.54 Å². The fourth-order valence-electron chi connectivity index (χ4n) is 11.1. The van der Waals surface area contributed by atoms with Gasteiger partial charge in [-0.2, -0.15) is 0 Å². The SMILES string of the molecule is C=CC(=O)Nc1ccc2c(c1)OCCO2.C=CC(=O)Nc1cccc2c1CCC2.CCC(=O)N(Cc1ccccc1)c1ccc2c(c1)OCCO2.CCC(=O)Nc1ccc2c(c1)CCCC2.CCC(=O)Nc1ccc2c(c1)OCCO2.CCC(=O)Nc1cccc2c1CCC2. The fraction of sp³-hybridized carbons (Fsp3) is 0.325. The summed E-state index contributed by atoms with van der Waals surface area (Å²) in [5, 5.41) is 14.1. The second kappa shape index (κ2) is 36.8. The molecule has 0 aromatic heterocycles. The summed E-state index contributed by atoms with van der Waals surface area (Å²) in [6.07, 6.45) is 16.3. The number of amides is 6. The topological polar surface area (TPSA) is 221 Å². The Morgan fingerprint density at radius 1 is 0.389 bits per heavy atom. The van der Waals surface area contributed by atoms with E-state index in [-0.39, 0.29) is 35.4 Å². The van der Waals surface area contributed by atoms with Crippen LogP contribution < -0.4 is 59.9 Å². The lowest BCUT2D eigenvalue weighted by molar-refractivity contribution is -0.118. The molecule has 13 rings (SSSR count). The number of hydrogen-bond donors (Lipinski definition) is 5. The molecule has 6 amide bonds. The highest BCUT2D eigenvalue weighted by atomic mass is 16.6. The van der Waals surface area contributed by atoms with Gasteiger partial charge in [0.15, 0.2) is 34.5 Å². The molecule has 7 aromatic carbocycles. The van der Waals surface area contributed by atoms with E-state index in [1.165, 1.54) is 77.6 Å². The van der Waals surface area contributed by atoms with Crippen molar-refractivity contribution in [1.82, 2.24) is 0 Å². The third kappa shape index (κ3) is 21.3. The number of benzene rings is 7. The number of hydrogen-bond acceptors (Lipinski definition) is 12. The van der Waals surface area contributed by atoms with Gasteiger partial charge in [0, 0.05) is 78.0 Å². The number of nitrogens with zero attached hydrogens (tertiary/aromatic N) is 1. The Balaban J connectivity index is 0.000000147. The van der Waals surface area contributed by atoms with Crippen LogP contribution in [0.1, 0.15) is 118 Å². The number of nitrogens with one attached hydrogen (secondary N) is 5. The molecule has 0 fully saturated rings. The molecular weight excluding hydrogens is 1200 g/mol. The Kier molecular flexibility index (Phi) is 27.3. The van der Waals surface area contributed by atoms with Gasteiger partial charge in [-0.3, -0.25) is 28.8 Å². The van der Waals surface area contributed by atoms with Crippen LogP contribution in [0.2, 0.25) is 0 Å². The molecule has 0 saturated carbocycles. The fourth-order valence-corrected chi connectivity index (χ4v) is 11.1. The molecule has 0 radical (unpaired) electrons. The molecule has 498 valence electrons. The van der Waals surface area contributed by atoms with Crippen LogP contribution in [0.3, 0.4) is 0 Å². The molecule has 18 nitrogen and oxygen atoms in total. The number of ether oxygens (including phenoxy) is 6. The molecule has 0 saturated heterocycles. The van der Waals surface area contributed by atoms with Crippen molar-refractivity contribution in [1.29, 1.82) is 0 Å². The van der Waals surface area contributed by atoms with Crippen LogP contribution >= 0.6 is 0 Å². The highest BCUT2D eigenvalue weighted by molar-refractivity contribution is 6.00. The van der Waals surface area contributed by atoms with E-state index in [4.69, 9.17) is 28.4 Å². The molecule has 0 atom stereocenters. The van der Waals surface area contributed by atoms with Gasteiger partial charge in [0.2, 0.25) is 35.4 Å². The zero-order chi connectivity index (χ0) is 67.3. The molecule has 0 spiro atoms. The van der Waals surface area contributed by atoms with Crippen molar-refractivity contribution < 1.29 is 57.2 Å². The molecule has 7 aromatic rings. The van der Waals surface area contributed by atoms with E-state index in [9.17, 15) is 28.8 Å². The number of fused-ring (bicyclic) bond motifs is 6. The van der Waals surface area contributed by atoms with E-state index < -0.39 is 0 Å². The zero-order valence-corrected chi connectivity index (χ0v) is 55.0. The third-order valence-electron chi connectivity index (χ3n) is 16.1. The van der Waals surface area contributed by atoms with Crippen molar-refractivity contribution in [3.05, 3.63) is 204 Å². The first kappa shape index (κ1) is 70.5. The summed E-state index contributed by atoms with van der Waals surface area (Å²) in [6.45, 7) is 18.1. The Morgan fingerprint density at radius 2 is 0.821 bits per heavy atom. The van der Waals surface area contributed by atoms with Crippen LogP contribution in [-0.4, -0.2) is 75.1 Å². The van der Waals surface area contributed by atoms with Gasteiger partial charge in [-0.25, -0.2) is 0 Å². The molecule has 3 heterocycles. The molecule has 6 aliphatic rings. The summed E-state index contributed by atoms with van der Waals surface area (Å²) in [6, 6.07) is 44.8. The third-order valence-corrected chi connectivity index (χ3v) is 16.1. The zero-order valence-electron chi connectivity index (χ0n) is 55.0. The lowest BCUT2D eigenvalue weighted by Gasteiger charge is -2.25. The molecule has 0 unspecified atom stereocenters. The normalized spacial score (nSPS) is 13.4. The van der Waals surface area contributed by atoms with Gasteiger partial charge in [-0.15, -0.1) is 0 Å². The van der Waals surface area contributed by atoms with Crippen LogP contribution in [0.5, 0.6) is 34.5 Å². The van der Waals surface area contributed by atoms with Crippen LogP contribution in [0.25, 0.3) is 0 Å². The number of carbonyl (C=O) groups excluding carboxylic acids is 6. The van der Waals surface area contributed by atoms with Crippen LogP contribution in [-0.2, 0) is 73.8 Å². The van der Waals surface area contributed by atoms with Gasteiger partial charge in [-0.05, 0) is 176 Å². The number of carbonyl (C=O) groups is 6. The predicted molar refractivity (Wildman–Crippen MR) is 375 cm³/mol. The molecule has 3 aliphatic heterocycles. The highest BCUT2D eigenvalue weighted by Gasteiger charge is 2.21. The second-order valence-electron chi connectivity index (χ2n) is 22.7. The summed E-state index contributed by atoms with van der Waals surface area (Å²) in [5.41, 5.74) is 14.5. The van der Waals surface area contributed by atoms with Crippen LogP contribution in [0, 0.1) is 0 Å². The first-order valence-corrected chi connectivity index (χ1v) is 32.9. The van der Waals surface area contributed by atoms with Crippen molar-refractivity contribution in [3.63, 3.8) is 0 Å². The van der Waals surface area contributed by atoms with Gasteiger partial charge in [-0.1, -0.05) is 102 Å². The minimum Gasteiger partial charge on any atom is -0.486 e. The Hall–Kier alpha value is -10.4. The largest absolute Gasteiger partial charge is 0.486 e. The molecule has 3 aliphatic carbocycles. The predicted octanol–water partition coefficient (Wildman–Crippen LogP) is 14.5. The number of rotatable bonds is 14. The van der Waals surface area contributed by atoms with Gasteiger partial charge in [0.1, 0.15) is 39.6 Å². The maximum absolute atomic E-state index is 12.3.